The SMILES string of the molecule is C=C1NC(=O)N[C@H](c2cccc(Oc3ccc(Cl)cc3)c2)[C@@H]1C(=O)Nc1ccccc1. The Kier molecular flexibility index (Phi) is 5.91. The fraction of sp³-hybridized carbons (Fsp3) is 0.0833. The number of carbonyl (C=O) groups excluding carboxylic acids is 2. The summed E-state index contributed by atoms with van der Waals surface area (Å²) < 4.78 is 5.90. The topological polar surface area (TPSA) is 79.5 Å². The van der Waals surface area contributed by atoms with Crippen molar-refractivity contribution >= 4 is 29.2 Å². The number of carbonyl (C=O) groups is 2. The number of ether oxygens (including phenoxy) is 1. The van der Waals surface area contributed by atoms with Gasteiger partial charge in [0.1, 0.15) is 17.4 Å². The molecule has 3 N–H and O–H groups in total. The molecule has 7 heteroatoms. The quantitative estimate of drug-likeness (QED) is 0.513. The van der Waals surface area contributed by atoms with E-state index in [4.69, 9.17) is 16.3 Å². The standard InChI is InChI=1S/C24H20ClN3O3/c1-15-21(23(29)27-18-7-3-2-4-8-18)22(28-24(30)26-15)16-6-5-9-20(14-16)31-19-12-10-17(25)11-13-19/h2-14,21-22H,1H2,(H,27,29)(H2,26,28,30)/t21-,22-/m1/s1. The molecule has 156 valence electrons. The third-order valence-corrected chi connectivity index (χ3v) is 5.11. The maximum atomic E-state index is 13.1. The lowest BCUT2D eigenvalue weighted by Gasteiger charge is -2.34. The number of hydrogen-bond acceptors (Lipinski definition) is 3. The predicted octanol–water partition coefficient (Wildman–Crippen LogP) is 5.25. The highest BCUT2D eigenvalue weighted by Gasteiger charge is 2.38. The molecule has 0 spiro atoms. The minimum Gasteiger partial charge on any atom is -0.457 e. The fourth-order valence-corrected chi connectivity index (χ4v) is 3.55. The monoisotopic (exact) mass is 433 g/mol. The minimum absolute atomic E-state index is 0.280. The van der Waals surface area contributed by atoms with Crippen LogP contribution in [0.2, 0.25) is 5.02 Å². The highest BCUT2D eigenvalue weighted by Crippen LogP contribution is 2.33. The molecule has 3 amide bonds. The number of benzene rings is 3. The van der Waals surface area contributed by atoms with E-state index >= 15 is 0 Å². The van der Waals surface area contributed by atoms with Crippen molar-refractivity contribution in [2.45, 2.75) is 6.04 Å². The van der Waals surface area contributed by atoms with Gasteiger partial charge in [-0.3, -0.25) is 4.79 Å². The van der Waals surface area contributed by atoms with Crippen LogP contribution in [-0.4, -0.2) is 11.9 Å². The van der Waals surface area contributed by atoms with Crippen molar-refractivity contribution in [3.8, 4) is 11.5 Å². The number of urea groups is 1. The average Bonchev–Trinajstić information content (AvgIpc) is 2.75. The van der Waals surface area contributed by atoms with E-state index in [1.165, 1.54) is 0 Å². The Morgan fingerprint density at radius 1 is 0.968 bits per heavy atom. The van der Waals surface area contributed by atoms with Crippen LogP contribution in [0.3, 0.4) is 0 Å². The van der Waals surface area contributed by atoms with E-state index in [0.29, 0.717) is 27.9 Å². The summed E-state index contributed by atoms with van der Waals surface area (Å²) in [4.78, 5) is 25.2. The zero-order valence-corrected chi connectivity index (χ0v) is 17.2. The lowest BCUT2D eigenvalue weighted by Crippen LogP contribution is -2.51. The fourth-order valence-electron chi connectivity index (χ4n) is 3.42. The van der Waals surface area contributed by atoms with Crippen LogP contribution in [0.15, 0.2) is 91.1 Å². The molecule has 1 aliphatic rings. The van der Waals surface area contributed by atoms with E-state index in [1.807, 2.05) is 30.3 Å². The molecule has 3 aromatic rings. The molecular formula is C24H20ClN3O3. The summed E-state index contributed by atoms with van der Waals surface area (Å²) in [6.07, 6.45) is 0. The third-order valence-electron chi connectivity index (χ3n) is 4.86. The Labute approximate surface area is 184 Å². The van der Waals surface area contributed by atoms with E-state index < -0.39 is 18.0 Å². The average molecular weight is 434 g/mol. The van der Waals surface area contributed by atoms with Gasteiger partial charge in [0.2, 0.25) is 5.91 Å². The third kappa shape index (κ3) is 4.87. The second-order valence-corrected chi connectivity index (χ2v) is 7.50. The van der Waals surface area contributed by atoms with E-state index in [9.17, 15) is 9.59 Å². The first-order chi connectivity index (χ1) is 15.0. The summed E-state index contributed by atoms with van der Waals surface area (Å²) >= 11 is 5.92. The molecule has 1 fully saturated rings. The molecule has 2 atom stereocenters. The van der Waals surface area contributed by atoms with Crippen molar-refractivity contribution in [3.05, 3.63) is 102 Å². The number of anilines is 1. The van der Waals surface area contributed by atoms with Crippen LogP contribution in [0.5, 0.6) is 11.5 Å². The van der Waals surface area contributed by atoms with Crippen molar-refractivity contribution < 1.29 is 14.3 Å². The summed E-state index contributed by atoms with van der Waals surface area (Å²) in [7, 11) is 0. The molecule has 0 saturated carbocycles. The molecule has 0 aromatic heterocycles. The van der Waals surface area contributed by atoms with Gasteiger partial charge >= 0.3 is 6.03 Å². The first-order valence-electron chi connectivity index (χ1n) is 9.65. The molecule has 1 aliphatic heterocycles. The van der Waals surface area contributed by atoms with Gasteiger partial charge in [-0.1, -0.05) is 48.5 Å². The first kappa shape index (κ1) is 20.5. The van der Waals surface area contributed by atoms with Gasteiger partial charge in [0, 0.05) is 16.4 Å². The Morgan fingerprint density at radius 3 is 2.45 bits per heavy atom. The second kappa shape index (κ2) is 8.93. The van der Waals surface area contributed by atoms with Crippen LogP contribution in [0.25, 0.3) is 0 Å². The van der Waals surface area contributed by atoms with Gasteiger partial charge in [0.05, 0.1) is 6.04 Å². The molecule has 0 radical (unpaired) electrons. The highest BCUT2D eigenvalue weighted by molar-refractivity contribution is 6.30. The smallest absolute Gasteiger partial charge is 0.319 e. The molecular weight excluding hydrogens is 414 g/mol. The molecule has 0 unspecified atom stereocenters. The van der Waals surface area contributed by atoms with Gasteiger partial charge in [0.15, 0.2) is 0 Å². The summed E-state index contributed by atoms with van der Waals surface area (Å²) in [6, 6.07) is 22.3. The number of rotatable bonds is 5. The van der Waals surface area contributed by atoms with Crippen molar-refractivity contribution in [1.82, 2.24) is 10.6 Å². The first-order valence-corrected chi connectivity index (χ1v) is 10.0. The molecule has 6 nitrogen and oxygen atoms in total. The van der Waals surface area contributed by atoms with Crippen LogP contribution in [0.4, 0.5) is 10.5 Å². The summed E-state index contributed by atoms with van der Waals surface area (Å²) in [5.41, 5.74) is 1.71. The molecule has 1 heterocycles. The predicted molar refractivity (Wildman–Crippen MR) is 120 cm³/mol. The summed E-state index contributed by atoms with van der Waals surface area (Å²) in [5.74, 6) is 0.195. The van der Waals surface area contributed by atoms with Crippen molar-refractivity contribution in [2.75, 3.05) is 5.32 Å². The Morgan fingerprint density at radius 2 is 1.71 bits per heavy atom. The number of hydrogen-bond donors (Lipinski definition) is 3. The van der Waals surface area contributed by atoms with Gasteiger partial charge in [-0.2, -0.15) is 0 Å². The number of para-hydroxylation sites is 1. The van der Waals surface area contributed by atoms with Gasteiger partial charge in [0.25, 0.3) is 0 Å². The molecule has 0 aliphatic carbocycles. The van der Waals surface area contributed by atoms with E-state index in [-0.39, 0.29) is 5.91 Å². The number of nitrogens with one attached hydrogen (secondary N) is 3. The molecule has 3 aromatic carbocycles. The Hall–Kier alpha value is -3.77. The van der Waals surface area contributed by atoms with Crippen LogP contribution in [-0.2, 0) is 4.79 Å². The van der Waals surface area contributed by atoms with Crippen LogP contribution >= 0.6 is 11.6 Å². The van der Waals surface area contributed by atoms with Crippen molar-refractivity contribution in [3.63, 3.8) is 0 Å². The van der Waals surface area contributed by atoms with Gasteiger partial charge < -0.3 is 20.7 Å². The van der Waals surface area contributed by atoms with Crippen LogP contribution in [0.1, 0.15) is 11.6 Å². The Bertz CT molecular complexity index is 1120. The lowest BCUT2D eigenvalue weighted by molar-refractivity contribution is -0.119. The van der Waals surface area contributed by atoms with Gasteiger partial charge in [-0.05, 0) is 54.1 Å². The van der Waals surface area contributed by atoms with E-state index in [1.54, 1.807) is 48.5 Å². The van der Waals surface area contributed by atoms with Gasteiger partial charge in [-0.15, -0.1) is 0 Å². The van der Waals surface area contributed by atoms with Crippen molar-refractivity contribution in [2.24, 2.45) is 5.92 Å². The molecule has 0 bridgehead atoms. The maximum absolute atomic E-state index is 13.1. The highest BCUT2D eigenvalue weighted by atomic mass is 35.5. The maximum Gasteiger partial charge on any atom is 0.319 e. The zero-order valence-electron chi connectivity index (χ0n) is 16.5. The van der Waals surface area contributed by atoms with Gasteiger partial charge in [-0.25, -0.2) is 4.79 Å². The molecule has 4 rings (SSSR count). The molecule has 31 heavy (non-hydrogen) atoms. The number of halogens is 1. The van der Waals surface area contributed by atoms with E-state index in [0.717, 1.165) is 5.56 Å². The number of amides is 3. The van der Waals surface area contributed by atoms with Crippen LogP contribution < -0.4 is 20.7 Å². The van der Waals surface area contributed by atoms with E-state index in [2.05, 4.69) is 22.5 Å². The largest absolute Gasteiger partial charge is 0.457 e. The summed E-state index contributed by atoms with van der Waals surface area (Å²) in [5, 5.41) is 8.94. The summed E-state index contributed by atoms with van der Waals surface area (Å²) in [6.45, 7) is 3.91. The lowest BCUT2D eigenvalue weighted by atomic mass is 9.88. The van der Waals surface area contributed by atoms with Crippen molar-refractivity contribution in [1.29, 1.82) is 0 Å². The normalized spacial score (nSPS) is 18.0. The zero-order chi connectivity index (χ0) is 21.8. The minimum atomic E-state index is -0.719. The second-order valence-electron chi connectivity index (χ2n) is 7.06. The van der Waals surface area contributed by atoms with Crippen LogP contribution in [0, 0.1) is 5.92 Å². The Balaban J connectivity index is 1.60. The molecule has 1 saturated heterocycles.